The Kier molecular flexibility index (Phi) is 5.57. The minimum absolute atomic E-state index is 0.557. The average molecular weight is 284 g/mol. The highest BCUT2D eigenvalue weighted by Crippen LogP contribution is 2.15. The molecule has 0 aromatic carbocycles. The average Bonchev–Trinajstić information content (AvgIpc) is 2.77. The van der Waals surface area contributed by atoms with Gasteiger partial charge in [0.25, 0.3) is 0 Å². The predicted octanol–water partition coefficient (Wildman–Crippen LogP) is 1.88. The zero-order chi connectivity index (χ0) is 13.5. The molecule has 104 valence electrons. The number of fused-ring (bicyclic) bond motifs is 1. The Hall–Kier alpha value is -1.17. The number of ether oxygens (including phenoxy) is 2. The first-order valence-electron chi connectivity index (χ1n) is 6.28. The second kappa shape index (κ2) is 7.43. The highest BCUT2D eigenvalue weighted by Gasteiger charge is 2.09. The molecule has 0 saturated carbocycles. The molecule has 19 heavy (non-hydrogen) atoms. The third kappa shape index (κ3) is 3.65. The van der Waals surface area contributed by atoms with Gasteiger partial charge >= 0.3 is 0 Å². The molecule has 2 rings (SSSR count). The second-order valence-corrected chi connectivity index (χ2v) is 4.47. The summed E-state index contributed by atoms with van der Waals surface area (Å²) in [5.41, 5.74) is 1.98. The van der Waals surface area contributed by atoms with E-state index >= 15 is 0 Å². The van der Waals surface area contributed by atoms with Gasteiger partial charge in [-0.3, -0.25) is 4.98 Å². The van der Waals surface area contributed by atoms with Crippen LogP contribution in [0.15, 0.2) is 18.5 Å². The van der Waals surface area contributed by atoms with E-state index in [-0.39, 0.29) is 0 Å². The van der Waals surface area contributed by atoms with Gasteiger partial charge in [-0.05, 0) is 6.07 Å². The molecule has 0 saturated heterocycles. The normalized spacial score (nSPS) is 11.3. The van der Waals surface area contributed by atoms with Gasteiger partial charge in [0, 0.05) is 32.2 Å². The summed E-state index contributed by atoms with van der Waals surface area (Å²) in [6, 6.07) is 1.97. The molecule has 2 heterocycles. The van der Waals surface area contributed by atoms with Gasteiger partial charge < -0.3 is 14.0 Å². The molecule has 5 nitrogen and oxygen atoms in total. The molecular weight excluding hydrogens is 266 g/mol. The highest BCUT2D eigenvalue weighted by molar-refractivity contribution is 6.17. The Morgan fingerprint density at radius 2 is 2.21 bits per heavy atom. The molecule has 0 N–H and O–H groups in total. The standard InChI is InChI=1S/C13H18ClN3O2/c1-18-8-9-19-7-6-17-12-3-5-15-10-11(12)16-13(17)2-4-14/h3,5,10H,2,4,6-9H2,1H3. The summed E-state index contributed by atoms with van der Waals surface area (Å²) < 4.78 is 12.6. The van der Waals surface area contributed by atoms with Crippen molar-refractivity contribution in [3.63, 3.8) is 0 Å². The number of rotatable bonds is 8. The molecule has 0 unspecified atom stereocenters. The molecule has 0 aliphatic heterocycles. The smallest absolute Gasteiger partial charge is 0.111 e. The topological polar surface area (TPSA) is 49.2 Å². The van der Waals surface area contributed by atoms with Crippen LogP contribution in [0.5, 0.6) is 0 Å². The third-order valence-corrected chi connectivity index (χ3v) is 3.03. The van der Waals surface area contributed by atoms with Crippen molar-refractivity contribution in [2.75, 3.05) is 32.8 Å². The van der Waals surface area contributed by atoms with Gasteiger partial charge in [-0.25, -0.2) is 4.98 Å². The number of aryl methyl sites for hydroxylation is 1. The van der Waals surface area contributed by atoms with Gasteiger partial charge in [0.05, 0.1) is 31.5 Å². The lowest BCUT2D eigenvalue weighted by molar-refractivity contribution is 0.0667. The number of hydrogen-bond donors (Lipinski definition) is 0. The van der Waals surface area contributed by atoms with Crippen molar-refractivity contribution in [1.82, 2.24) is 14.5 Å². The first-order chi connectivity index (χ1) is 9.36. The van der Waals surface area contributed by atoms with Gasteiger partial charge in [-0.1, -0.05) is 0 Å². The number of aromatic nitrogens is 3. The van der Waals surface area contributed by atoms with Gasteiger partial charge in [0.2, 0.25) is 0 Å². The summed E-state index contributed by atoms with van der Waals surface area (Å²) in [6.45, 7) is 2.61. The summed E-state index contributed by atoms with van der Waals surface area (Å²) in [4.78, 5) is 8.64. The van der Waals surface area contributed by atoms with Crippen molar-refractivity contribution in [3.05, 3.63) is 24.3 Å². The van der Waals surface area contributed by atoms with Crippen molar-refractivity contribution in [3.8, 4) is 0 Å². The maximum absolute atomic E-state index is 5.82. The zero-order valence-corrected chi connectivity index (χ0v) is 11.8. The molecular formula is C13H18ClN3O2. The van der Waals surface area contributed by atoms with Gasteiger partial charge in [0.15, 0.2) is 0 Å². The fourth-order valence-electron chi connectivity index (χ4n) is 1.96. The third-order valence-electron chi connectivity index (χ3n) is 2.84. The first kappa shape index (κ1) is 14.2. The SMILES string of the molecule is COCCOCCn1c(CCCl)nc2cnccc21. The minimum atomic E-state index is 0.557. The molecule has 0 aliphatic rings. The van der Waals surface area contributed by atoms with Crippen molar-refractivity contribution in [2.24, 2.45) is 0 Å². The summed E-state index contributed by atoms with van der Waals surface area (Å²) in [5.74, 6) is 1.54. The lowest BCUT2D eigenvalue weighted by Gasteiger charge is -2.09. The number of halogens is 1. The summed E-state index contributed by atoms with van der Waals surface area (Å²) in [5, 5.41) is 0. The van der Waals surface area contributed by atoms with E-state index in [1.165, 1.54) is 0 Å². The molecule has 2 aromatic rings. The van der Waals surface area contributed by atoms with Crippen LogP contribution >= 0.6 is 11.6 Å². The monoisotopic (exact) mass is 283 g/mol. The van der Waals surface area contributed by atoms with E-state index in [9.17, 15) is 0 Å². The maximum Gasteiger partial charge on any atom is 0.111 e. The van der Waals surface area contributed by atoms with E-state index < -0.39 is 0 Å². The Balaban J connectivity index is 2.08. The van der Waals surface area contributed by atoms with Crippen LogP contribution in [0.3, 0.4) is 0 Å². The van der Waals surface area contributed by atoms with Crippen molar-refractivity contribution in [1.29, 1.82) is 0 Å². The molecule has 0 bridgehead atoms. The van der Waals surface area contributed by atoms with Crippen LogP contribution in [0.4, 0.5) is 0 Å². The Morgan fingerprint density at radius 1 is 1.32 bits per heavy atom. The molecule has 0 radical (unpaired) electrons. The number of pyridine rings is 1. The minimum Gasteiger partial charge on any atom is -0.382 e. The van der Waals surface area contributed by atoms with Gasteiger partial charge in [-0.15, -0.1) is 11.6 Å². The lowest BCUT2D eigenvalue weighted by atomic mass is 10.4. The molecule has 0 aliphatic carbocycles. The molecule has 0 fully saturated rings. The lowest BCUT2D eigenvalue weighted by Crippen LogP contribution is -2.12. The van der Waals surface area contributed by atoms with Crippen molar-refractivity contribution in [2.45, 2.75) is 13.0 Å². The fraction of sp³-hybridized carbons (Fsp3) is 0.538. The van der Waals surface area contributed by atoms with Crippen LogP contribution in [0.1, 0.15) is 5.82 Å². The summed E-state index contributed by atoms with van der Waals surface area (Å²) in [7, 11) is 1.66. The molecule has 6 heteroatoms. The number of nitrogens with zero attached hydrogens (tertiary/aromatic N) is 3. The van der Waals surface area contributed by atoms with Crippen LogP contribution in [0.2, 0.25) is 0 Å². The zero-order valence-electron chi connectivity index (χ0n) is 11.0. The number of alkyl halides is 1. The van der Waals surface area contributed by atoms with Crippen LogP contribution in [-0.4, -0.2) is 47.3 Å². The van der Waals surface area contributed by atoms with Crippen molar-refractivity contribution < 1.29 is 9.47 Å². The summed E-state index contributed by atoms with van der Waals surface area (Å²) in [6.07, 6.45) is 4.29. The first-order valence-corrected chi connectivity index (χ1v) is 6.82. The van der Waals surface area contributed by atoms with E-state index in [4.69, 9.17) is 21.1 Å². The van der Waals surface area contributed by atoms with Gasteiger partial charge in [0.1, 0.15) is 11.3 Å². The molecule has 0 atom stereocenters. The van der Waals surface area contributed by atoms with Crippen molar-refractivity contribution >= 4 is 22.6 Å². The molecule has 0 spiro atoms. The number of methoxy groups -OCH3 is 1. The second-order valence-electron chi connectivity index (χ2n) is 4.09. The largest absolute Gasteiger partial charge is 0.382 e. The van der Waals surface area contributed by atoms with Crippen LogP contribution < -0.4 is 0 Å². The summed E-state index contributed by atoms with van der Waals surface area (Å²) >= 11 is 5.82. The Morgan fingerprint density at radius 3 is 3.00 bits per heavy atom. The van der Waals surface area contributed by atoms with E-state index in [1.807, 2.05) is 6.07 Å². The quantitative estimate of drug-likeness (QED) is 0.548. The van der Waals surface area contributed by atoms with E-state index in [2.05, 4.69) is 14.5 Å². The van der Waals surface area contributed by atoms with Crippen LogP contribution in [0.25, 0.3) is 11.0 Å². The maximum atomic E-state index is 5.82. The molecule has 2 aromatic heterocycles. The van der Waals surface area contributed by atoms with Crippen LogP contribution in [-0.2, 0) is 22.4 Å². The van der Waals surface area contributed by atoms with E-state index in [1.54, 1.807) is 19.5 Å². The van der Waals surface area contributed by atoms with E-state index in [0.717, 1.165) is 29.8 Å². The predicted molar refractivity (Wildman–Crippen MR) is 74.6 cm³/mol. The van der Waals surface area contributed by atoms with Crippen LogP contribution in [0, 0.1) is 0 Å². The molecule has 0 amide bonds. The number of imidazole rings is 1. The Labute approximate surface area is 117 Å². The fourth-order valence-corrected chi connectivity index (χ4v) is 2.13. The Bertz CT molecular complexity index is 516. The van der Waals surface area contributed by atoms with E-state index in [0.29, 0.717) is 25.7 Å². The number of hydrogen-bond acceptors (Lipinski definition) is 4. The van der Waals surface area contributed by atoms with Gasteiger partial charge in [-0.2, -0.15) is 0 Å². The highest BCUT2D eigenvalue weighted by atomic mass is 35.5.